The lowest BCUT2D eigenvalue weighted by molar-refractivity contribution is -0.187. The van der Waals surface area contributed by atoms with Gasteiger partial charge in [0, 0.05) is 19.1 Å². The smallest absolute Gasteiger partial charge is 0.335 e. The lowest BCUT2D eigenvalue weighted by Gasteiger charge is -2.39. The third kappa shape index (κ3) is 4.24. The van der Waals surface area contributed by atoms with Crippen LogP contribution in [0, 0.1) is 5.92 Å². The van der Waals surface area contributed by atoms with Crippen molar-refractivity contribution in [2.24, 2.45) is 5.92 Å². The maximum atomic E-state index is 12.4. The number of amides is 1. The first-order valence-electron chi connectivity index (χ1n) is 6.58. The van der Waals surface area contributed by atoms with Gasteiger partial charge in [0.1, 0.15) is 0 Å². The van der Waals surface area contributed by atoms with E-state index in [0.29, 0.717) is 6.42 Å². The summed E-state index contributed by atoms with van der Waals surface area (Å²) in [6, 6.07) is 0.280. The molecule has 0 aromatic carbocycles. The number of carbonyl (C=O) groups excluding carboxylic acids is 1. The predicted octanol–water partition coefficient (Wildman–Crippen LogP) is 2.35. The SMILES string of the molecule is Cl.O=C(N1CCCC(C2CCCCN2)C1)C(F)(F)F. The van der Waals surface area contributed by atoms with Crippen LogP contribution in [0.25, 0.3) is 0 Å². The molecule has 0 spiro atoms. The Kier molecular flexibility index (Phi) is 5.92. The summed E-state index contributed by atoms with van der Waals surface area (Å²) in [5.74, 6) is -1.51. The Balaban J connectivity index is 0.00000180. The zero-order chi connectivity index (χ0) is 13.2. The van der Waals surface area contributed by atoms with Crippen LogP contribution in [0.3, 0.4) is 0 Å². The van der Waals surface area contributed by atoms with E-state index in [1.165, 1.54) is 0 Å². The molecule has 2 aliphatic rings. The maximum Gasteiger partial charge on any atom is 0.471 e. The molecule has 0 saturated carbocycles. The van der Waals surface area contributed by atoms with Gasteiger partial charge in [0.05, 0.1) is 0 Å². The van der Waals surface area contributed by atoms with Gasteiger partial charge in [0.25, 0.3) is 0 Å². The summed E-state index contributed by atoms with van der Waals surface area (Å²) in [6.07, 6.45) is 0.125. The Hall–Kier alpha value is -0.490. The van der Waals surface area contributed by atoms with Crippen molar-refractivity contribution in [3.63, 3.8) is 0 Å². The van der Waals surface area contributed by atoms with Crippen LogP contribution in [0.4, 0.5) is 13.2 Å². The van der Waals surface area contributed by atoms with Crippen molar-refractivity contribution in [2.75, 3.05) is 19.6 Å². The average molecular weight is 301 g/mol. The van der Waals surface area contributed by atoms with Crippen molar-refractivity contribution in [1.82, 2.24) is 10.2 Å². The Bertz CT molecular complexity index is 306. The number of likely N-dealkylation sites (tertiary alicyclic amines) is 1. The van der Waals surface area contributed by atoms with Crippen molar-refractivity contribution in [3.05, 3.63) is 0 Å². The number of nitrogens with zero attached hydrogens (tertiary/aromatic N) is 1. The van der Waals surface area contributed by atoms with Crippen molar-refractivity contribution in [1.29, 1.82) is 0 Å². The van der Waals surface area contributed by atoms with Crippen LogP contribution in [-0.4, -0.2) is 42.7 Å². The summed E-state index contributed by atoms with van der Waals surface area (Å²) in [5, 5.41) is 3.37. The molecule has 19 heavy (non-hydrogen) atoms. The second kappa shape index (κ2) is 6.79. The number of hydrogen-bond donors (Lipinski definition) is 1. The number of piperidine rings is 2. The average Bonchev–Trinajstić information content (AvgIpc) is 2.38. The van der Waals surface area contributed by atoms with E-state index in [1.54, 1.807) is 0 Å². The zero-order valence-corrected chi connectivity index (χ0v) is 11.5. The van der Waals surface area contributed by atoms with Gasteiger partial charge in [0.2, 0.25) is 0 Å². The van der Waals surface area contributed by atoms with E-state index in [1.807, 2.05) is 0 Å². The number of nitrogens with one attached hydrogen (secondary N) is 1. The van der Waals surface area contributed by atoms with E-state index in [4.69, 9.17) is 0 Å². The van der Waals surface area contributed by atoms with Gasteiger partial charge in [-0.05, 0) is 38.1 Å². The van der Waals surface area contributed by atoms with E-state index in [9.17, 15) is 18.0 Å². The summed E-state index contributed by atoms with van der Waals surface area (Å²) in [7, 11) is 0. The first kappa shape index (κ1) is 16.6. The first-order valence-corrected chi connectivity index (χ1v) is 6.58. The fourth-order valence-corrected chi connectivity index (χ4v) is 2.98. The minimum atomic E-state index is -4.73. The van der Waals surface area contributed by atoms with Gasteiger partial charge in [-0.2, -0.15) is 13.2 Å². The molecule has 2 fully saturated rings. The van der Waals surface area contributed by atoms with Crippen molar-refractivity contribution >= 4 is 18.3 Å². The minimum absolute atomic E-state index is 0. The fraction of sp³-hybridized carbons (Fsp3) is 0.917. The molecule has 2 rings (SSSR count). The van der Waals surface area contributed by atoms with Gasteiger partial charge in [-0.3, -0.25) is 4.79 Å². The lowest BCUT2D eigenvalue weighted by Crippen LogP contribution is -2.51. The van der Waals surface area contributed by atoms with Crippen molar-refractivity contribution in [3.8, 4) is 0 Å². The Morgan fingerprint density at radius 2 is 1.89 bits per heavy atom. The maximum absolute atomic E-state index is 12.4. The Morgan fingerprint density at radius 1 is 1.16 bits per heavy atom. The summed E-state index contributed by atoms with van der Waals surface area (Å²) < 4.78 is 37.2. The lowest BCUT2D eigenvalue weighted by atomic mass is 9.86. The Morgan fingerprint density at radius 3 is 2.47 bits per heavy atom. The summed E-state index contributed by atoms with van der Waals surface area (Å²) in [6.45, 7) is 1.42. The molecule has 112 valence electrons. The molecular weight excluding hydrogens is 281 g/mol. The molecule has 2 unspecified atom stereocenters. The highest BCUT2D eigenvalue weighted by molar-refractivity contribution is 5.85. The molecule has 2 saturated heterocycles. The second-order valence-corrected chi connectivity index (χ2v) is 5.21. The molecular formula is C12H20ClF3N2O. The molecule has 0 radical (unpaired) electrons. The Labute approximate surface area is 117 Å². The molecule has 2 aliphatic heterocycles. The highest BCUT2D eigenvalue weighted by Gasteiger charge is 2.44. The standard InChI is InChI=1S/C12H19F3N2O.ClH/c13-12(14,15)11(18)17-7-3-4-9(8-17)10-5-1-2-6-16-10;/h9-10,16H,1-8H2;1H. The predicted molar refractivity (Wildman–Crippen MR) is 68.2 cm³/mol. The third-order valence-corrected chi connectivity index (χ3v) is 3.91. The van der Waals surface area contributed by atoms with Crippen LogP contribution >= 0.6 is 12.4 Å². The molecule has 2 heterocycles. The normalized spacial score (nSPS) is 28.7. The molecule has 1 N–H and O–H groups in total. The summed E-state index contributed by atoms with van der Waals surface area (Å²) in [5.41, 5.74) is 0. The molecule has 2 atom stereocenters. The fourth-order valence-electron chi connectivity index (χ4n) is 2.98. The largest absolute Gasteiger partial charge is 0.471 e. The molecule has 7 heteroatoms. The number of halogens is 4. The van der Waals surface area contributed by atoms with E-state index in [0.717, 1.165) is 37.1 Å². The second-order valence-electron chi connectivity index (χ2n) is 5.21. The quantitative estimate of drug-likeness (QED) is 0.806. The summed E-state index contributed by atoms with van der Waals surface area (Å²) in [4.78, 5) is 12.2. The van der Waals surface area contributed by atoms with Crippen molar-refractivity contribution in [2.45, 2.75) is 44.3 Å². The molecule has 1 amide bonds. The first-order chi connectivity index (χ1) is 8.48. The number of hydrogen-bond acceptors (Lipinski definition) is 2. The van der Waals surface area contributed by atoms with Crippen LogP contribution in [0.5, 0.6) is 0 Å². The molecule has 0 aromatic rings. The van der Waals surface area contributed by atoms with Gasteiger partial charge in [-0.1, -0.05) is 6.42 Å². The van der Waals surface area contributed by atoms with Crippen LogP contribution in [-0.2, 0) is 4.79 Å². The third-order valence-electron chi connectivity index (χ3n) is 3.91. The van der Waals surface area contributed by atoms with Crippen LogP contribution < -0.4 is 5.32 Å². The van der Waals surface area contributed by atoms with Gasteiger partial charge < -0.3 is 10.2 Å². The van der Waals surface area contributed by atoms with Gasteiger partial charge >= 0.3 is 12.1 Å². The number of carbonyl (C=O) groups is 1. The van der Waals surface area contributed by atoms with Crippen LogP contribution in [0.1, 0.15) is 32.1 Å². The minimum Gasteiger partial charge on any atom is -0.335 e. The zero-order valence-electron chi connectivity index (χ0n) is 10.7. The van der Waals surface area contributed by atoms with Gasteiger partial charge in [-0.25, -0.2) is 0 Å². The van der Waals surface area contributed by atoms with E-state index >= 15 is 0 Å². The molecule has 0 bridgehead atoms. The topological polar surface area (TPSA) is 32.3 Å². The molecule has 0 aliphatic carbocycles. The van der Waals surface area contributed by atoms with Crippen molar-refractivity contribution < 1.29 is 18.0 Å². The van der Waals surface area contributed by atoms with E-state index < -0.39 is 12.1 Å². The van der Waals surface area contributed by atoms with Gasteiger partial charge in [0.15, 0.2) is 0 Å². The highest BCUT2D eigenvalue weighted by atomic mass is 35.5. The van der Waals surface area contributed by atoms with Crippen LogP contribution in [0.15, 0.2) is 0 Å². The van der Waals surface area contributed by atoms with Gasteiger partial charge in [-0.15, -0.1) is 12.4 Å². The number of rotatable bonds is 1. The van der Waals surface area contributed by atoms with Crippen LogP contribution in [0.2, 0.25) is 0 Å². The molecule has 0 aromatic heterocycles. The van der Waals surface area contributed by atoms with E-state index in [-0.39, 0.29) is 37.5 Å². The monoisotopic (exact) mass is 300 g/mol. The summed E-state index contributed by atoms with van der Waals surface area (Å²) >= 11 is 0. The van der Waals surface area contributed by atoms with E-state index in [2.05, 4.69) is 5.32 Å². The highest BCUT2D eigenvalue weighted by Crippen LogP contribution is 2.27. The molecule has 3 nitrogen and oxygen atoms in total. The number of alkyl halides is 3.